The maximum Gasteiger partial charge on any atom is 0.412 e. The number of carboxylic acid groups (broad SMARTS) is 1. The molecule has 0 aromatic heterocycles. The number of rotatable bonds is 5. The van der Waals surface area contributed by atoms with Gasteiger partial charge in [0.25, 0.3) is 0 Å². The lowest BCUT2D eigenvalue weighted by Gasteiger charge is -2.35. The lowest BCUT2D eigenvalue weighted by Crippen LogP contribution is -2.50. The summed E-state index contributed by atoms with van der Waals surface area (Å²) in [6.45, 7) is 10.8. The van der Waals surface area contributed by atoms with E-state index in [4.69, 9.17) is 9.47 Å². The van der Waals surface area contributed by atoms with Gasteiger partial charge in [-0.3, -0.25) is 4.90 Å². The van der Waals surface area contributed by atoms with Crippen LogP contribution >= 0.6 is 0 Å². The summed E-state index contributed by atoms with van der Waals surface area (Å²) in [7, 11) is 0. The molecule has 1 fully saturated rings. The number of carbonyl (C=O) groups is 2. The molecule has 6 heteroatoms. The number of carbonyl (C=O) groups excluding carboxylic acids is 1. The summed E-state index contributed by atoms with van der Waals surface area (Å²) in [4.78, 5) is 25.5. The minimum absolute atomic E-state index is 0.506. The summed E-state index contributed by atoms with van der Waals surface area (Å²) in [6.07, 6.45) is 1.92. The highest BCUT2D eigenvalue weighted by Gasteiger charge is 2.53. The minimum atomic E-state index is -1.04. The second-order valence-corrected chi connectivity index (χ2v) is 7.24. The second kappa shape index (κ2) is 6.86. The molecule has 1 saturated heterocycles. The van der Waals surface area contributed by atoms with Crippen molar-refractivity contribution >= 4 is 12.1 Å². The Hall–Kier alpha value is -1.30. The van der Waals surface area contributed by atoms with Crippen LogP contribution in [0.25, 0.3) is 0 Å². The maximum atomic E-state index is 12.5. The monoisotopic (exact) mass is 315 g/mol. The van der Waals surface area contributed by atoms with Crippen molar-refractivity contribution < 1.29 is 24.2 Å². The first-order valence-corrected chi connectivity index (χ1v) is 7.92. The van der Waals surface area contributed by atoms with E-state index in [0.717, 1.165) is 19.3 Å². The summed E-state index contributed by atoms with van der Waals surface area (Å²) in [5.41, 5.74) is -1.63. The molecule has 0 aromatic rings. The molecule has 1 aliphatic rings. The van der Waals surface area contributed by atoms with Crippen LogP contribution in [0.15, 0.2) is 0 Å². The first-order valence-electron chi connectivity index (χ1n) is 7.92. The minimum Gasteiger partial charge on any atom is -0.479 e. The van der Waals surface area contributed by atoms with Crippen LogP contribution in [0.4, 0.5) is 4.79 Å². The number of ether oxygens (including phenoxy) is 2. The molecule has 1 amide bonds. The van der Waals surface area contributed by atoms with Gasteiger partial charge in [-0.05, 0) is 41.0 Å². The van der Waals surface area contributed by atoms with E-state index in [9.17, 15) is 14.7 Å². The highest BCUT2D eigenvalue weighted by atomic mass is 16.6. The van der Waals surface area contributed by atoms with Gasteiger partial charge in [0.1, 0.15) is 11.3 Å². The number of hydrogen-bond acceptors (Lipinski definition) is 4. The summed E-state index contributed by atoms with van der Waals surface area (Å²) >= 11 is 0. The lowest BCUT2D eigenvalue weighted by molar-refractivity contribution is -0.155. The van der Waals surface area contributed by atoms with Gasteiger partial charge in [0.05, 0.1) is 6.04 Å². The van der Waals surface area contributed by atoms with Crippen molar-refractivity contribution in [3.8, 4) is 0 Å². The standard InChI is InChI=1S/C16H29NO5/c1-7-8-9-10-11-12(13(18)19)21-16(5,6)17(11)14(20)22-15(2,3)4/h11-12H,7-10H2,1-6H3,(H,18,19)/t11-,12+/m0/s1. The molecule has 1 aliphatic heterocycles. The Balaban J connectivity index is 3.00. The molecule has 0 aliphatic carbocycles. The molecule has 0 aromatic carbocycles. The van der Waals surface area contributed by atoms with Crippen LogP contribution in [-0.2, 0) is 14.3 Å². The van der Waals surface area contributed by atoms with E-state index in [1.807, 2.05) is 0 Å². The second-order valence-electron chi connectivity index (χ2n) is 7.24. The van der Waals surface area contributed by atoms with Crippen LogP contribution in [0.2, 0.25) is 0 Å². The van der Waals surface area contributed by atoms with Crippen molar-refractivity contribution in [2.45, 2.75) is 90.7 Å². The van der Waals surface area contributed by atoms with Gasteiger partial charge < -0.3 is 14.6 Å². The summed E-state index contributed by atoms with van der Waals surface area (Å²) < 4.78 is 11.1. The lowest BCUT2D eigenvalue weighted by atomic mass is 10.0. The van der Waals surface area contributed by atoms with Crippen molar-refractivity contribution in [3.63, 3.8) is 0 Å². The highest BCUT2D eigenvalue weighted by Crippen LogP contribution is 2.36. The maximum absolute atomic E-state index is 12.5. The number of unbranched alkanes of at least 4 members (excludes halogenated alkanes) is 2. The molecular weight excluding hydrogens is 286 g/mol. The molecule has 1 heterocycles. The molecule has 128 valence electrons. The SMILES string of the molecule is CCCCC[C@H]1[C@H](C(=O)O)OC(C)(C)N1C(=O)OC(C)(C)C. The predicted octanol–water partition coefficient (Wildman–Crippen LogP) is 3.39. The Labute approximate surface area is 132 Å². The Bertz CT molecular complexity index is 413. The van der Waals surface area contributed by atoms with E-state index in [1.54, 1.807) is 34.6 Å². The molecule has 0 unspecified atom stereocenters. The topological polar surface area (TPSA) is 76.1 Å². The van der Waals surface area contributed by atoms with Gasteiger partial charge in [-0.1, -0.05) is 26.2 Å². The molecule has 0 saturated carbocycles. The zero-order valence-corrected chi connectivity index (χ0v) is 14.5. The first kappa shape index (κ1) is 18.7. The molecule has 0 bridgehead atoms. The van der Waals surface area contributed by atoms with Gasteiger partial charge >= 0.3 is 12.1 Å². The Morgan fingerprint density at radius 1 is 1.27 bits per heavy atom. The van der Waals surface area contributed by atoms with Crippen LogP contribution in [-0.4, -0.2) is 45.5 Å². The van der Waals surface area contributed by atoms with Crippen molar-refractivity contribution in [1.82, 2.24) is 4.90 Å². The van der Waals surface area contributed by atoms with E-state index in [1.165, 1.54) is 4.90 Å². The van der Waals surface area contributed by atoms with Gasteiger partial charge in [0.15, 0.2) is 6.10 Å². The fourth-order valence-electron chi connectivity index (χ4n) is 2.75. The van der Waals surface area contributed by atoms with Crippen molar-refractivity contribution in [2.75, 3.05) is 0 Å². The van der Waals surface area contributed by atoms with Gasteiger partial charge in [0.2, 0.25) is 0 Å². The fraction of sp³-hybridized carbons (Fsp3) is 0.875. The summed E-state index contributed by atoms with van der Waals surface area (Å²) in [5, 5.41) is 9.40. The largest absolute Gasteiger partial charge is 0.479 e. The van der Waals surface area contributed by atoms with Crippen molar-refractivity contribution in [2.24, 2.45) is 0 Å². The third kappa shape index (κ3) is 4.60. The summed E-state index contributed by atoms with van der Waals surface area (Å²) in [5.74, 6) is -1.04. The van der Waals surface area contributed by atoms with Crippen LogP contribution in [0.1, 0.15) is 67.2 Å². The van der Waals surface area contributed by atoms with E-state index in [0.29, 0.717) is 6.42 Å². The quantitative estimate of drug-likeness (QED) is 0.787. The van der Waals surface area contributed by atoms with Crippen LogP contribution in [0, 0.1) is 0 Å². The molecule has 0 spiro atoms. The third-order valence-corrected chi connectivity index (χ3v) is 3.61. The molecular formula is C16H29NO5. The highest BCUT2D eigenvalue weighted by molar-refractivity contribution is 5.77. The molecule has 6 nitrogen and oxygen atoms in total. The molecule has 2 atom stereocenters. The van der Waals surface area contributed by atoms with E-state index >= 15 is 0 Å². The third-order valence-electron chi connectivity index (χ3n) is 3.61. The Kier molecular flexibility index (Phi) is 5.84. The average Bonchev–Trinajstić information content (AvgIpc) is 2.59. The number of hydrogen-bond donors (Lipinski definition) is 1. The van der Waals surface area contributed by atoms with E-state index in [-0.39, 0.29) is 0 Å². The zero-order chi connectivity index (χ0) is 17.1. The smallest absolute Gasteiger partial charge is 0.412 e. The van der Waals surface area contributed by atoms with E-state index in [2.05, 4.69) is 6.92 Å². The number of amides is 1. The Morgan fingerprint density at radius 3 is 2.32 bits per heavy atom. The van der Waals surface area contributed by atoms with E-state index < -0.39 is 35.5 Å². The van der Waals surface area contributed by atoms with Gasteiger partial charge in [-0.2, -0.15) is 0 Å². The van der Waals surface area contributed by atoms with Crippen molar-refractivity contribution in [1.29, 1.82) is 0 Å². The average molecular weight is 315 g/mol. The normalized spacial score (nSPS) is 24.4. The Morgan fingerprint density at radius 2 is 1.86 bits per heavy atom. The molecule has 1 N–H and O–H groups in total. The van der Waals surface area contributed by atoms with Gasteiger partial charge in [-0.25, -0.2) is 9.59 Å². The predicted molar refractivity (Wildman–Crippen MR) is 82.6 cm³/mol. The molecule has 22 heavy (non-hydrogen) atoms. The number of carboxylic acids is 1. The van der Waals surface area contributed by atoms with Gasteiger partial charge in [-0.15, -0.1) is 0 Å². The molecule has 0 radical (unpaired) electrons. The fourth-order valence-corrected chi connectivity index (χ4v) is 2.75. The number of nitrogens with zero attached hydrogens (tertiary/aromatic N) is 1. The van der Waals surface area contributed by atoms with Crippen LogP contribution in [0.3, 0.4) is 0 Å². The zero-order valence-electron chi connectivity index (χ0n) is 14.5. The van der Waals surface area contributed by atoms with Gasteiger partial charge in [0, 0.05) is 0 Å². The first-order chi connectivity index (χ1) is 9.99. The summed E-state index contributed by atoms with van der Waals surface area (Å²) in [6, 6.07) is -0.506. The van der Waals surface area contributed by atoms with Crippen molar-refractivity contribution in [3.05, 3.63) is 0 Å². The molecule has 1 rings (SSSR count). The van der Waals surface area contributed by atoms with Crippen LogP contribution in [0.5, 0.6) is 0 Å². The number of aliphatic carboxylic acids is 1. The van der Waals surface area contributed by atoms with Crippen LogP contribution < -0.4 is 0 Å².